The molecule has 1 aliphatic heterocycles. The van der Waals surface area contributed by atoms with Gasteiger partial charge >= 0.3 is 0 Å². The van der Waals surface area contributed by atoms with E-state index in [9.17, 15) is 9.18 Å². The average Bonchev–Trinajstić information content (AvgIpc) is 3.20. The SMILES string of the molecule is O=C(C[NH+]1CC[NH+](Cc2nc(-c3ccccc3)no2)CC1)Nc1ccc(F)cc1. The van der Waals surface area contributed by atoms with Gasteiger partial charge in [0.2, 0.25) is 5.82 Å². The highest BCUT2D eigenvalue weighted by molar-refractivity contribution is 5.91. The molecule has 150 valence electrons. The number of carbonyl (C=O) groups excluding carboxylic acids is 1. The second kappa shape index (κ2) is 8.93. The van der Waals surface area contributed by atoms with Crippen LogP contribution < -0.4 is 15.1 Å². The number of hydrogen-bond acceptors (Lipinski definition) is 4. The van der Waals surface area contributed by atoms with Crippen LogP contribution >= 0.6 is 0 Å². The van der Waals surface area contributed by atoms with Gasteiger partial charge in [-0.05, 0) is 24.3 Å². The van der Waals surface area contributed by atoms with E-state index in [-0.39, 0.29) is 11.7 Å². The van der Waals surface area contributed by atoms with Crippen LogP contribution in [0, 0.1) is 5.82 Å². The Bertz CT molecular complexity index is 937. The van der Waals surface area contributed by atoms with Crippen LogP contribution in [-0.4, -0.2) is 48.8 Å². The smallest absolute Gasteiger partial charge is 0.282 e. The predicted octanol–water partition coefficient (Wildman–Crippen LogP) is -0.202. The lowest BCUT2D eigenvalue weighted by Gasteiger charge is -2.28. The third-order valence-electron chi connectivity index (χ3n) is 5.10. The molecule has 29 heavy (non-hydrogen) atoms. The largest absolute Gasteiger partial charge is 0.333 e. The summed E-state index contributed by atoms with van der Waals surface area (Å²) in [6, 6.07) is 15.6. The van der Waals surface area contributed by atoms with Crippen molar-refractivity contribution in [2.45, 2.75) is 6.54 Å². The van der Waals surface area contributed by atoms with Gasteiger partial charge in [0, 0.05) is 11.3 Å². The van der Waals surface area contributed by atoms with E-state index in [1.54, 1.807) is 12.1 Å². The summed E-state index contributed by atoms with van der Waals surface area (Å²) in [4.78, 5) is 19.3. The predicted molar refractivity (Wildman–Crippen MR) is 105 cm³/mol. The van der Waals surface area contributed by atoms with E-state index in [1.165, 1.54) is 21.9 Å². The molecule has 2 heterocycles. The average molecular weight is 397 g/mol. The summed E-state index contributed by atoms with van der Waals surface area (Å²) in [5, 5.41) is 6.89. The molecule has 1 aliphatic rings. The van der Waals surface area contributed by atoms with Crippen molar-refractivity contribution in [1.82, 2.24) is 10.1 Å². The first kappa shape index (κ1) is 19.2. The summed E-state index contributed by atoms with van der Waals surface area (Å²) >= 11 is 0. The standard InChI is InChI=1S/C21H22FN5O2/c22-17-6-8-18(9-7-17)23-19(28)14-26-10-12-27(13-11-26)15-20-24-21(25-29-20)16-4-2-1-3-5-16/h1-9H,10-15H2,(H,23,28)/p+2. The number of carbonyl (C=O) groups is 1. The van der Waals surface area contributed by atoms with E-state index in [0.29, 0.717) is 30.5 Å². The number of aromatic nitrogens is 2. The number of nitrogens with one attached hydrogen (secondary N) is 3. The topological polar surface area (TPSA) is 76.9 Å². The lowest BCUT2D eigenvalue weighted by molar-refractivity contribution is -1.02. The molecule has 3 aromatic rings. The third-order valence-corrected chi connectivity index (χ3v) is 5.10. The van der Waals surface area contributed by atoms with Gasteiger partial charge < -0.3 is 19.6 Å². The van der Waals surface area contributed by atoms with Crippen molar-refractivity contribution in [3.63, 3.8) is 0 Å². The normalized spacial score (nSPS) is 19.1. The molecular formula is C21H24FN5O2+2. The number of benzene rings is 2. The Kier molecular flexibility index (Phi) is 5.92. The maximum Gasteiger partial charge on any atom is 0.282 e. The summed E-state index contributed by atoms with van der Waals surface area (Å²) in [6.45, 7) is 4.75. The molecule has 7 nitrogen and oxygen atoms in total. The molecule has 0 saturated carbocycles. The van der Waals surface area contributed by atoms with E-state index in [1.807, 2.05) is 30.3 Å². The molecule has 0 bridgehead atoms. The van der Waals surface area contributed by atoms with Gasteiger partial charge in [-0.25, -0.2) is 4.39 Å². The van der Waals surface area contributed by atoms with Crippen LogP contribution in [0.1, 0.15) is 5.89 Å². The van der Waals surface area contributed by atoms with E-state index in [4.69, 9.17) is 4.52 Å². The van der Waals surface area contributed by atoms with Crippen molar-refractivity contribution in [3.8, 4) is 11.4 Å². The highest BCUT2D eigenvalue weighted by Crippen LogP contribution is 2.14. The van der Waals surface area contributed by atoms with Gasteiger partial charge in [0.25, 0.3) is 11.8 Å². The van der Waals surface area contributed by atoms with Crippen LogP contribution in [0.25, 0.3) is 11.4 Å². The molecule has 0 aliphatic carbocycles. The summed E-state index contributed by atoms with van der Waals surface area (Å²) < 4.78 is 18.4. The van der Waals surface area contributed by atoms with Gasteiger partial charge in [-0.3, -0.25) is 4.79 Å². The molecule has 0 spiro atoms. The Morgan fingerprint density at radius 1 is 1.00 bits per heavy atom. The van der Waals surface area contributed by atoms with Gasteiger partial charge in [-0.1, -0.05) is 35.5 Å². The second-order valence-electron chi connectivity index (χ2n) is 7.29. The number of quaternary nitrogens is 2. The lowest BCUT2D eigenvalue weighted by atomic mass is 10.2. The van der Waals surface area contributed by atoms with E-state index in [2.05, 4.69) is 15.5 Å². The minimum Gasteiger partial charge on any atom is -0.333 e. The highest BCUT2D eigenvalue weighted by Gasteiger charge is 2.26. The number of piperazine rings is 1. The Hall–Kier alpha value is -3.10. The fraction of sp³-hybridized carbons (Fsp3) is 0.286. The molecule has 0 radical (unpaired) electrons. The van der Waals surface area contributed by atoms with Crippen LogP contribution in [0.4, 0.5) is 10.1 Å². The van der Waals surface area contributed by atoms with Crippen LogP contribution in [0.3, 0.4) is 0 Å². The number of hydrogen-bond donors (Lipinski definition) is 3. The van der Waals surface area contributed by atoms with Gasteiger partial charge in [-0.15, -0.1) is 0 Å². The zero-order chi connectivity index (χ0) is 20.1. The molecule has 1 amide bonds. The quantitative estimate of drug-likeness (QED) is 0.538. The molecule has 0 unspecified atom stereocenters. The van der Waals surface area contributed by atoms with Crippen molar-refractivity contribution in [2.75, 3.05) is 38.0 Å². The van der Waals surface area contributed by atoms with Crippen molar-refractivity contribution < 1.29 is 23.5 Å². The maximum absolute atomic E-state index is 12.9. The summed E-state index contributed by atoms with van der Waals surface area (Å²) in [6.07, 6.45) is 0. The van der Waals surface area contributed by atoms with Crippen LogP contribution in [0.5, 0.6) is 0 Å². The molecule has 1 saturated heterocycles. The van der Waals surface area contributed by atoms with Crippen molar-refractivity contribution >= 4 is 11.6 Å². The van der Waals surface area contributed by atoms with Gasteiger partial charge in [-0.2, -0.15) is 4.98 Å². The maximum atomic E-state index is 12.9. The number of anilines is 1. The number of amides is 1. The Balaban J connectivity index is 1.23. The molecule has 1 fully saturated rings. The first-order chi connectivity index (χ1) is 14.2. The molecule has 4 rings (SSSR count). The summed E-state index contributed by atoms with van der Waals surface area (Å²) in [5.74, 6) is 0.877. The number of nitrogens with zero attached hydrogens (tertiary/aromatic N) is 2. The molecule has 0 atom stereocenters. The van der Waals surface area contributed by atoms with Gasteiger partial charge in [0.1, 0.15) is 32.0 Å². The van der Waals surface area contributed by atoms with Crippen LogP contribution in [-0.2, 0) is 11.3 Å². The van der Waals surface area contributed by atoms with Crippen molar-refractivity contribution in [2.24, 2.45) is 0 Å². The number of halogens is 1. The Morgan fingerprint density at radius 3 is 2.41 bits per heavy atom. The van der Waals surface area contributed by atoms with Crippen molar-refractivity contribution in [3.05, 3.63) is 66.3 Å². The Labute approximate surface area is 168 Å². The van der Waals surface area contributed by atoms with Gasteiger partial charge in [0.15, 0.2) is 13.1 Å². The molecule has 1 aromatic heterocycles. The third kappa shape index (κ3) is 5.24. The summed E-state index contributed by atoms with van der Waals surface area (Å²) in [7, 11) is 0. The van der Waals surface area contributed by atoms with E-state index >= 15 is 0 Å². The number of rotatable bonds is 6. The van der Waals surface area contributed by atoms with E-state index < -0.39 is 0 Å². The molecule has 2 aromatic carbocycles. The minimum atomic E-state index is -0.315. The zero-order valence-corrected chi connectivity index (χ0v) is 16.0. The highest BCUT2D eigenvalue weighted by atomic mass is 19.1. The zero-order valence-electron chi connectivity index (χ0n) is 16.0. The first-order valence-corrected chi connectivity index (χ1v) is 9.76. The fourth-order valence-corrected chi connectivity index (χ4v) is 3.52. The van der Waals surface area contributed by atoms with Crippen LogP contribution in [0.2, 0.25) is 0 Å². The van der Waals surface area contributed by atoms with Gasteiger partial charge in [0.05, 0.1) is 0 Å². The Morgan fingerprint density at radius 2 is 1.69 bits per heavy atom. The minimum absolute atomic E-state index is 0.0561. The van der Waals surface area contributed by atoms with E-state index in [0.717, 1.165) is 31.7 Å². The van der Waals surface area contributed by atoms with Crippen molar-refractivity contribution in [1.29, 1.82) is 0 Å². The lowest BCUT2D eigenvalue weighted by Crippen LogP contribution is -3.28. The summed E-state index contributed by atoms with van der Waals surface area (Å²) in [5.41, 5.74) is 1.56. The van der Waals surface area contributed by atoms with Crippen LogP contribution in [0.15, 0.2) is 59.1 Å². The monoisotopic (exact) mass is 397 g/mol. The molecule has 3 N–H and O–H groups in total. The first-order valence-electron chi connectivity index (χ1n) is 9.76. The fourth-order valence-electron chi connectivity index (χ4n) is 3.52. The second-order valence-corrected chi connectivity index (χ2v) is 7.29. The molecular weight excluding hydrogens is 373 g/mol. The molecule has 8 heteroatoms.